The minimum atomic E-state index is -0.250. The molecule has 4 aliphatic rings. The molecule has 0 saturated carbocycles. The Morgan fingerprint density at radius 3 is 0.797 bits per heavy atom. The number of pyridine rings is 2. The summed E-state index contributed by atoms with van der Waals surface area (Å²) in [4.78, 5) is 54.4. The van der Waals surface area contributed by atoms with Crippen LogP contribution in [0.15, 0.2) is 85.5 Å². The molecule has 4 aromatic rings. The molecule has 4 N–H and O–H groups in total. The van der Waals surface area contributed by atoms with Crippen LogP contribution < -0.4 is 30.4 Å². The van der Waals surface area contributed by atoms with E-state index in [2.05, 4.69) is 35.1 Å². The summed E-state index contributed by atoms with van der Waals surface area (Å²) < 4.78 is 3.95. The van der Waals surface area contributed by atoms with Crippen molar-refractivity contribution < 1.29 is 28.3 Å². The van der Waals surface area contributed by atoms with E-state index >= 15 is 0 Å². The fourth-order valence-electron chi connectivity index (χ4n) is 8.28. The summed E-state index contributed by atoms with van der Waals surface area (Å²) in [5.41, 5.74) is 5.37. The van der Waals surface area contributed by atoms with Crippen molar-refractivity contribution in [2.24, 2.45) is 0 Å². The lowest BCUT2D eigenvalue weighted by atomic mass is 10.1. The van der Waals surface area contributed by atoms with Crippen LogP contribution in [0.3, 0.4) is 0 Å². The third-order valence-electron chi connectivity index (χ3n) is 12.3. The van der Waals surface area contributed by atoms with Gasteiger partial charge in [0.25, 0.3) is 23.6 Å². The molecule has 0 aliphatic carbocycles. The second kappa shape index (κ2) is 28.4. The molecular weight excluding hydrogens is 797 g/mol. The largest absolute Gasteiger partial charge is 0.348 e. The van der Waals surface area contributed by atoms with Crippen LogP contribution in [-0.4, -0.2) is 23.6 Å². The minimum absolute atomic E-state index is 0.250. The van der Waals surface area contributed by atoms with Crippen LogP contribution in [0.25, 0.3) is 0 Å². The van der Waals surface area contributed by atoms with Crippen LogP contribution in [0.4, 0.5) is 0 Å². The fraction of sp³-hybridized carbons (Fsp3) is 0.519. The van der Waals surface area contributed by atoms with E-state index in [-0.39, 0.29) is 23.6 Å². The summed E-state index contributed by atoms with van der Waals surface area (Å²) in [6, 6.07) is 18.9. The van der Waals surface area contributed by atoms with Crippen LogP contribution in [0.1, 0.15) is 206 Å². The molecule has 6 heterocycles. The Morgan fingerprint density at radius 1 is 0.344 bits per heavy atom. The van der Waals surface area contributed by atoms with E-state index in [0.29, 0.717) is 48.4 Å². The lowest BCUT2D eigenvalue weighted by Crippen LogP contribution is -2.38. The molecule has 344 valence electrons. The maximum atomic E-state index is 13.6. The summed E-state index contributed by atoms with van der Waals surface area (Å²) in [7, 11) is 0. The Morgan fingerprint density at radius 2 is 0.562 bits per heavy atom. The van der Waals surface area contributed by atoms with Crippen LogP contribution in [-0.2, 0) is 39.3 Å². The zero-order valence-electron chi connectivity index (χ0n) is 39.0. The van der Waals surface area contributed by atoms with Gasteiger partial charge in [-0.2, -0.15) is 0 Å². The molecule has 2 aromatic heterocycles. The third kappa shape index (κ3) is 18.0. The second-order valence-electron chi connectivity index (χ2n) is 17.8. The highest BCUT2D eigenvalue weighted by Crippen LogP contribution is 2.14. The molecule has 64 heavy (non-hydrogen) atoms. The van der Waals surface area contributed by atoms with Gasteiger partial charge in [-0.1, -0.05) is 165 Å². The standard InChI is InChI=1S/C54H74N6O4/c1-3-5-7-9-11-13-15-17-19-21-31-59-39-47-33-48(40-59)52(62)56-36-44-25-29-46(30-26-44)38-58-54(64)50-34-49(41-60(42-50)32-22-20-18-16-14-12-10-8-6-4-2)53(63)57-37-45-27-23-43(24-28-45)35-55-51(47)61/h23-30,33-34,39-42H,3-22,31-32,35-38H2,1-2H3,(H2-2,55,56,57,58,61,62,63,64)/p+2. The van der Waals surface area contributed by atoms with Crippen molar-refractivity contribution in [1.82, 2.24) is 21.3 Å². The zero-order chi connectivity index (χ0) is 45.2. The summed E-state index contributed by atoms with van der Waals surface area (Å²) in [5.74, 6) is -1.00. The Hall–Kier alpha value is -5.38. The van der Waals surface area contributed by atoms with Crippen LogP contribution >= 0.6 is 0 Å². The highest BCUT2D eigenvalue weighted by Gasteiger charge is 2.20. The van der Waals surface area contributed by atoms with E-state index in [9.17, 15) is 19.2 Å². The number of rotatable bonds is 22. The molecule has 0 saturated heterocycles. The van der Waals surface area contributed by atoms with E-state index < -0.39 is 0 Å². The van der Waals surface area contributed by atoms with Crippen LogP contribution in [0, 0.1) is 0 Å². The lowest BCUT2D eigenvalue weighted by molar-refractivity contribution is -0.697. The molecule has 8 bridgehead atoms. The van der Waals surface area contributed by atoms with Crippen LogP contribution in [0.2, 0.25) is 0 Å². The first-order valence-corrected chi connectivity index (χ1v) is 24.7. The molecule has 10 nitrogen and oxygen atoms in total. The summed E-state index contributed by atoms with van der Waals surface area (Å²) in [6.07, 6.45) is 32.1. The molecule has 0 atom stereocenters. The summed E-state index contributed by atoms with van der Waals surface area (Å²) in [5, 5.41) is 12.2. The molecule has 4 amide bonds. The van der Waals surface area contributed by atoms with E-state index in [1.165, 1.54) is 103 Å². The molecule has 8 rings (SSSR count). The lowest BCUT2D eigenvalue weighted by Gasteiger charge is -2.11. The average Bonchev–Trinajstić information content (AvgIpc) is 3.32. The molecule has 0 spiro atoms. The Balaban J connectivity index is 1.25. The van der Waals surface area contributed by atoms with Crippen molar-refractivity contribution in [2.45, 2.75) is 182 Å². The number of nitrogens with zero attached hydrogens (tertiary/aromatic N) is 2. The van der Waals surface area contributed by atoms with Crippen molar-refractivity contribution in [3.63, 3.8) is 0 Å². The van der Waals surface area contributed by atoms with Crippen molar-refractivity contribution in [1.29, 1.82) is 0 Å². The number of aromatic nitrogens is 2. The van der Waals surface area contributed by atoms with Gasteiger partial charge in [-0.05, 0) is 47.2 Å². The van der Waals surface area contributed by atoms with E-state index in [1.54, 1.807) is 12.1 Å². The number of carbonyl (C=O) groups is 4. The number of benzene rings is 2. The number of unbranched alkanes of at least 4 members (excludes halogenated alkanes) is 18. The van der Waals surface area contributed by atoms with Gasteiger partial charge < -0.3 is 21.3 Å². The number of nitrogens with one attached hydrogen (secondary N) is 4. The zero-order valence-corrected chi connectivity index (χ0v) is 39.0. The fourth-order valence-corrected chi connectivity index (χ4v) is 8.28. The molecule has 2 aromatic carbocycles. The number of aryl methyl sites for hydroxylation is 2. The monoisotopic (exact) mass is 873 g/mol. The quantitative estimate of drug-likeness (QED) is 0.0464. The molecule has 0 radical (unpaired) electrons. The van der Waals surface area contributed by atoms with Gasteiger partial charge in [-0.25, -0.2) is 9.13 Å². The maximum Gasteiger partial charge on any atom is 0.257 e. The highest BCUT2D eigenvalue weighted by molar-refractivity contribution is 5.99. The highest BCUT2D eigenvalue weighted by atomic mass is 16.2. The SMILES string of the molecule is CCCCCCCCCCCC[n+]1cc2cc(c1)C(=O)NCc1ccc(cc1)CNC(=O)c1cc(c[n+](CCCCCCCCCCCC)c1)C(=O)NCc1ccc(cc1)CNC2=O. The van der Waals surface area contributed by atoms with Gasteiger partial charge in [0.2, 0.25) is 0 Å². The number of hydrogen-bond acceptors (Lipinski definition) is 4. The Bertz CT molecular complexity index is 1790. The predicted octanol–water partition coefficient (Wildman–Crippen LogP) is 10.1. The second-order valence-corrected chi connectivity index (χ2v) is 17.8. The van der Waals surface area contributed by atoms with Crippen molar-refractivity contribution in [3.8, 4) is 0 Å². The molecule has 0 fully saturated rings. The van der Waals surface area contributed by atoms with Crippen molar-refractivity contribution >= 4 is 23.6 Å². The summed E-state index contributed by atoms with van der Waals surface area (Å²) in [6.45, 7) is 7.18. The topological polar surface area (TPSA) is 124 Å². The Labute approximate surface area is 383 Å². The van der Waals surface area contributed by atoms with E-state index in [4.69, 9.17) is 0 Å². The van der Waals surface area contributed by atoms with Gasteiger partial charge in [0.15, 0.2) is 24.8 Å². The van der Waals surface area contributed by atoms with Crippen molar-refractivity contribution in [2.75, 3.05) is 0 Å². The van der Waals surface area contributed by atoms with Gasteiger partial charge in [0.1, 0.15) is 35.3 Å². The number of carbonyl (C=O) groups excluding carboxylic acids is 4. The van der Waals surface area contributed by atoms with E-state index in [1.807, 2.05) is 82.5 Å². The normalized spacial score (nSPS) is 13.7. The Kier molecular flexibility index (Phi) is 22.0. The van der Waals surface area contributed by atoms with Gasteiger partial charge in [-0.15, -0.1) is 0 Å². The predicted molar refractivity (Wildman–Crippen MR) is 255 cm³/mol. The molecule has 0 unspecified atom stereocenters. The average molecular weight is 873 g/mol. The van der Waals surface area contributed by atoms with Crippen LogP contribution in [0.5, 0.6) is 0 Å². The number of hydrogen-bond donors (Lipinski definition) is 4. The molecule has 4 aliphatic heterocycles. The molecule has 10 heteroatoms. The third-order valence-corrected chi connectivity index (χ3v) is 12.3. The smallest absolute Gasteiger partial charge is 0.257 e. The first-order chi connectivity index (χ1) is 31.3. The van der Waals surface area contributed by atoms with Gasteiger partial charge >= 0.3 is 0 Å². The minimum Gasteiger partial charge on any atom is -0.348 e. The first kappa shape index (κ1) is 49.6. The molecular formula is C54H76N6O4+2. The first-order valence-electron chi connectivity index (χ1n) is 24.7. The van der Waals surface area contributed by atoms with E-state index in [0.717, 1.165) is 61.0 Å². The van der Waals surface area contributed by atoms with Gasteiger partial charge in [0.05, 0.1) is 0 Å². The number of amides is 4. The van der Waals surface area contributed by atoms with Crippen molar-refractivity contribution in [3.05, 3.63) is 130 Å². The summed E-state index contributed by atoms with van der Waals surface area (Å²) >= 11 is 0. The van der Waals surface area contributed by atoms with Gasteiger partial charge in [-0.3, -0.25) is 19.2 Å². The maximum absolute atomic E-state index is 13.6. The van der Waals surface area contributed by atoms with Gasteiger partial charge in [0, 0.05) is 39.0 Å².